The largest absolute Gasteiger partial charge is 0.488 e. The molecule has 2 heteroatoms. The van der Waals surface area contributed by atoms with Gasteiger partial charge in [-0.25, -0.2) is 0 Å². The van der Waals surface area contributed by atoms with Crippen LogP contribution in [0.1, 0.15) is 32.8 Å². The third kappa shape index (κ3) is 3.46. The van der Waals surface area contributed by atoms with E-state index in [1.165, 1.54) is 0 Å². The minimum atomic E-state index is 0.216. The quantitative estimate of drug-likeness (QED) is 0.768. The van der Waals surface area contributed by atoms with Crippen LogP contribution >= 0.6 is 0 Å². The summed E-state index contributed by atoms with van der Waals surface area (Å²) < 4.78 is 5.86. The second kappa shape index (κ2) is 5.06. The van der Waals surface area contributed by atoms with Crippen LogP contribution in [0.2, 0.25) is 0 Å². The first kappa shape index (κ1) is 11.9. The van der Waals surface area contributed by atoms with Gasteiger partial charge in [0, 0.05) is 0 Å². The van der Waals surface area contributed by atoms with E-state index < -0.39 is 0 Å². The van der Waals surface area contributed by atoms with Gasteiger partial charge in [-0.15, -0.1) is 0 Å². The van der Waals surface area contributed by atoms with Gasteiger partial charge in [0.05, 0.1) is 11.8 Å². The van der Waals surface area contributed by atoms with Crippen molar-refractivity contribution >= 4 is 5.69 Å². The van der Waals surface area contributed by atoms with Gasteiger partial charge in [-0.2, -0.15) is 0 Å². The summed E-state index contributed by atoms with van der Waals surface area (Å²) in [5.41, 5.74) is 7.71. The fourth-order valence-corrected chi connectivity index (χ4v) is 1.75. The Kier molecular flexibility index (Phi) is 4.01. The lowest BCUT2D eigenvalue weighted by molar-refractivity contribution is 0.193. The lowest BCUT2D eigenvalue weighted by Crippen LogP contribution is -2.15. The first-order valence-corrected chi connectivity index (χ1v) is 5.52. The fraction of sp³-hybridized carbons (Fsp3) is 0.538. The number of hydrogen-bond acceptors (Lipinski definition) is 2. The van der Waals surface area contributed by atoms with Gasteiger partial charge in [-0.3, -0.25) is 0 Å². The van der Waals surface area contributed by atoms with E-state index in [-0.39, 0.29) is 6.10 Å². The lowest BCUT2D eigenvalue weighted by Gasteiger charge is -2.19. The van der Waals surface area contributed by atoms with Crippen LogP contribution in [-0.4, -0.2) is 6.10 Å². The van der Waals surface area contributed by atoms with Gasteiger partial charge in [0.15, 0.2) is 0 Å². The average Bonchev–Trinajstić information content (AvgIpc) is 2.10. The van der Waals surface area contributed by atoms with Gasteiger partial charge in [0.1, 0.15) is 5.75 Å². The molecule has 0 aromatic heterocycles. The van der Waals surface area contributed by atoms with Gasteiger partial charge in [-0.05, 0) is 37.8 Å². The Morgan fingerprint density at radius 2 is 1.93 bits per heavy atom. The molecule has 2 nitrogen and oxygen atoms in total. The third-order valence-electron chi connectivity index (χ3n) is 2.36. The number of para-hydroxylation sites is 1. The highest BCUT2D eigenvalue weighted by molar-refractivity contribution is 5.56. The molecule has 84 valence electrons. The molecule has 0 saturated carbocycles. The first-order chi connectivity index (χ1) is 7.00. The maximum atomic E-state index is 5.88. The molecule has 2 N–H and O–H groups in total. The van der Waals surface area contributed by atoms with E-state index in [4.69, 9.17) is 10.5 Å². The van der Waals surface area contributed by atoms with Crippen molar-refractivity contribution in [2.75, 3.05) is 5.73 Å². The highest BCUT2D eigenvalue weighted by Crippen LogP contribution is 2.27. The maximum absolute atomic E-state index is 5.88. The summed E-state index contributed by atoms with van der Waals surface area (Å²) >= 11 is 0. The Bertz CT molecular complexity index is 300. The highest BCUT2D eigenvalue weighted by atomic mass is 16.5. The lowest BCUT2D eigenvalue weighted by atomic mass is 10.1. The van der Waals surface area contributed by atoms with E-state index in [1.54, 1.807) is 0 Å². The number of ether oxygens (including phenoxy) is 1. The molecule has 1 unspecified atom stereocenters. The molecule has 0 radical (unpaired) electrons. The van der Waals surface area contributed by atoms with Crippen molar-refractivity contribution in [2.45, 2.75) is 40.2 Å². The standard InChI is InChI=1S/C13H21NO/c1-9(2)8-11(4)15-13-10(3)6-5-7-12(13)14/h5-7,9,11H,8,14H2,1-4H3. The molecule has 1 aromatic rings. The SMILES string of the molecule is Cc1cccc(N)c1OC(C)CC(C)C. The second-order valence-corrected chi connectivity index (χ2v) is 4.55. The topological polar surface area (TPSA) is 35.2 Å². The van der Waals surface area contributed by atoms with Crippen LogP contribution in [0.3, 0.4) is 0 Å². The molecule has 0 fully saturated rings. The first-order valence-electron chi connectivity index (χ1n) is 5.52. The zero-order valence-corrected chi connectivity index (χ0v) is 10.1. The van der Waals surface area contributed by atoms with Crippen LogP contribution < -0.4 is 10.5 Å². The number of nitrogens with two attached hydrogens (primary N) is 1. The summed E-state index contributed by atoms with van der Waals surface area (Å²) in [5, 5.41) is 0. The summed E-state index contributed by atoms with van der Waals surface area (Å²) in [4.78, 5) is 0. The summed E-state index contributed by atoms with van der Waals surface area (Å²) in [6.07, 6.45) is 1.27. The number of nitrogen functional groups attached to an aromatic ring is 1. The Morgan fingerprint density at radius 1 is 1.27 bits per heavy atom. The molecule has 0 heterocycles. The number of hydrogen-bond donors (Lipinski definition) is 1. The Labute approximate surface area is 92.4 Å². The number of rotatable bonds is 4. The van der Waals surface area contributed by atoms with Crippen LogP contribution in [-0.2, 0) is 0 Å². The van der Waals surface area contributed by atoms with Crippen LogP contribution in [0.25, 0.3) is 0 Å². The smallest absolute Gasteiger partial charge is 0.145 e. The summed E-state index contributed by atoms with van der Waals surface area (Å²) in [7, 11) is 0. The molecular formula is C13H21NO. The van der Waals surface area contributed by atoms with Crippen molar-refractivity contribution in [3.8, 4) is 5.75 Å². The molecule has 0 bridgehead atoms. The third-order valence-corrected chi connectivity index (χ3v) is 2.36. The second-order valence-electron chi connectivity index (χ2n) is 4.55. The predicted molar refractivity (Wildman–Crippen MR) is 65.1 cm³/mol. The van der Waals surface area contributed by atoms with Crippen molar-refractivity contribution in [1.82, 2.24) is 0 Å². The average molecular weight is 207 g/mol. The Balaban J connectivity index is 2.71. The van der Waals surface area contributed by atoms with Crippen LogP contribution in [0.4, 0.5) is 5.69 Å². The van der Waals surface area contributed by atoms with Crippen molar-refractivity contribution in [2.24, 2.45) is 5.92 Å². The van der Waals surface area contributed by atoms with Gasteiger partial charge < -0.3 is 10.5 Å². The molecular weight excluding hydrogens is 186 g/mol. The minimum absolute atomic E-state index is 0.216. The minimum Gasteiger partial charge on any atom is -0.488 e. The number of benzene rings is 1. The Hall–Kier alpha value is -1.18. The van der Waals surface area contributed by atoms with Crippen LogP contribution in [0, 0.1) is 12.8 Å². The van der Waals surface area contributed by atoms with E-state index in [2.05, 4.69) is 20.8 Å². The van der Waals surface area contributed by atoms with Gasteiger partial charge in [-0.1, -0.05) is 26.0 Å². The van der Waals surface area contributed by atoms with E-state index in [9.17, 15) is 0 Å². The van der Waals surface area contributed by atoms with E-state index in [1.807, 2.05) is 25.1 Å². The molecule has 0 aliphatic rings. The van der Waals surface area contributed by atoms with Gasteiger partial charge >= 0.3 is 0 Å². The molecule has 1 atom stereocenters. The van der Waals surface area contributed by atoms with Crippen molar-refractivity contribution in [3.05, 3.63) is 23.8 Å². The Morgan fingerprint density at radius 3 is 2.47 bits per heavy atom. The molecule has 15 heavy (non-hydrogen) atoms. The van der Waals surface area contributed by atoms with Gasteiger partial charge in [0.25, 0.3) is 0 Å². The van der Waals surface area contributed by atoms with E-state index in [0.29, 0.717) is 5.92 Å². The van der Waals surface area contributed by atoms with Gasteiger partial charge in [0.2, 0.25) is 0 Å². The molecule has 0 aliphatic heterocycles. The van der Waals surface area contributed by atoms with Crippen LogP contribution in [0.5, 0.6) is 5.75 Å². The van der Waals surface area contributed by atoms with Crippen LogP contribution in [0.15, 0.2) is 18.2 Å². The van der Waals surface area contributed by atoms with E-state index >= 15 is 0 Å². The van der Waals surface area contributed by atoms with Crippen molar-refractivity contribution < 1.29 is 4.74 Å². The molecule has 0 saturated heterocycles. The predicted octanol–water partition coefficient (Wildman–Crippen LogP) is 3.39. The van der Waals surface area contributed by atoms with Crippen molar-refractivity contribution in [3.63, 3.8) is 0 Å². The summed E-state index contributed by atoms with van der Waals surface area (Å²) in [6.45, 7) is 8.50. The zero-order chi connectivity index (χ0) is 11.4. The summed E-state index contributed by atoms with van der Waals surface area (Å²) in [6, 6.07) is 5.85. The molecule has 1 aromatic carbocycles. The number of anilines is 1. The molecule has 0 spiro atoms. The number of aryl methyl sites for hydroxylation is 1. The highest BCUT2D eigenvalue weighted by Gasteiger charge is 2.10. The van der Waals surface area contributed by atoms with E-state index in [0.717, 1.165) is 23.4 Å². The molecule has 1 rings (SSSR count). The normalized spacial score (nSPS) is 12.9. The van der Waals surface area contributed by atoms with Crippen molar-refractivity contribution in [1.29, 1.82) is 0 Å². The zero-order valence-electron chi connectivity index (χ0n) is 10.1. The molecule has 0 amide bonds. The fourth-order valence-electron chi connectivity index (χ4n) is 1.75. The summed E-state index contributed by atoms with van der Waals surface area (Å²) in [5.74, 6) is 1.48. The molecule has 0 aliphatic carbocycles. The monoisotopic (exact) mass is 207 g/mol. The maximum Gasteiger partial charge on any atom is 0.145 e.